The lowest BCUT2D eigenvalue weighted by Gasteiger charge is -2.14. The first-order chi connectivity index (χ1) is 8.11. The van der Waals surface area contributed by atoms with Crippen molar-refractivity contribution in [1.29, 1.82) is 0 Å². The van der Waals surface area contributed by atoms with Crippen molar-refractivity contribution in [2.75, 3.05) is 29.2 Å². The molecule has 0 amide bonds. The Hall–Kier alpha value is -1.10. The van der Waals surface area contributed by atoms with Gasteiger partial charge in [0.05, 0.1) is 0 Å². The molecular formula is C12H21N3OS. The molecule has 0 bridgehead atoms. The molecule has 0 aliphatic carbocycles. The Morgan fingerprint density at radius 1 is 1.53 bits per heavy atom. The molecule has 0 saturated heterocycles. The Labute approximate surface area is 106 Å². The van der Waals surface area contributed by atoms with E-state index >= 15 is 0 Å². The summed E-state index contributed by atoms with van der Waals surface area (Å²) in [7, 11) is -0.773. The van der Waals surface area contributed by atoms with E-state index < -0.39 is 10.8 Å². The highest BCUT2D eigenvalue weighted by molar-refractivity contribution is 7.84. The van der Waals surface area contributed by atoms with E-state index in [0.717, 1.165) is 24.5 Å². The Morgan fingerprint density at radius 3 is 2.94 bits per heavy atom. The lowest BCUT2D eigenvalue weighted by Crippen LogP contribution is -2.22. The fraction of sp³-hybridized carbons (Fsp3) is 0.583. The zero-order valence-corrected chi connectivity index (χ0v) is 11.5. The van der Waals surface area contributed by atoms with Crippen molar-refractivity contribution in [2.24, 2.45) is 0 Å². The van der Waals surface area contributed by atoms with Gasteiger partial charge in [-0.15, -0.1) is 0 Å². The van der Waals surface area contributed by atoms with Crippen molar-refractivity contribution in [1.82, 2.24) is 4.98 Å². The average molecular weight is 255 g/mol. The summed E-state index contributed by atoms with van der Waals surface area (Å²) >= 11 is 0. The van der Waals surface area contributed by atoms with Gasteiger partial charge in [0.15, 0.2) is 0 Å². The van der Waals surface area contributed by atoms with Crippen molar-refractivity contribution in [3.63, 3.8) is 0 Å². The fourth-order valence-electron chi connectivity index (χ4n) is 1.55. The molecule has 0 saturated carbocycles. The summed E-state index contributed by atoms with van der Waals surface area (Å²) in [4.78, 5) is 4.23. The second-order valence-electron chi connectivity index (χ2n) is 4.14. The minimum atomic E-state index is -0.773. The third-order valence-corrected chi connectivity index (χ3v) is 3.18. The molecule has 17 heavy (non-hydrogen) atoms. The second kappa shape index (κ2) is 7.27. The number of aromatic nitrogens is 1. The molecule has 0 aromatic carbocycles. The van der Waals surface area contributed by atoms with Crippen LogP contribution >= 0.6 is 0 Å². The molecule has 0 aliphatic heterocycles. The molecule has 2 unspecified atom stereocenters. The first kappa shape index (κ1) is 14.0. The number of hydrogen-bond donors (Lipinski definition) is 2. The predicted octanol–water partition coefficient (Wildman–Crippen LogP) is 2.08. The summed E-state index contributed by atoms with van der Waals surface area (Å²) in [5.74, 6) is 1.53. The van der Waals surface area contributed by atoms with Gasteiger partial charge >= 0.3 is 0 Å². The minimum Gasteiger partial charge on any atom is -0.382 e. The lowest BCUT2D eigenvalue weighted by molar-refractivity contribution is 0.683. The molecule has 0 radical (unpaired) electrons. The number of nitrogens with zero attached hydrogens (tertiary/aromatic N) is 1. The minimum absolute atomic E-state index is 0.197. The van der Waals surface area contributed by atoms with E-state index in [1.807, 2.05) is 19.1 Å². The van der Waals surface area contributed by atoms with Crippen molar-refractivity contribution < 1.29 is 4.21 Å². The second-order valence-corrected chi connectivity index (χ2v) is 5.62. The van der Waals surface area contributed by atoms with Crippen molar-refractivity contribution in [3.8, 4) is 0 Å². The van der Waals surface area contributed by atoms with Gasteiger partial charge in [-0.3, -0.25) is 4.21 Å². The van der Waals surface area contributed by atoms with E-state index in [1.54, 1.807) is 12.5 Å². The lowest BCUT2D eigenvalue weighted by atomic mass is 10.3. The summed E-state index contributed by atoms with van der Waals surface area (Å²) in [5, 5.41) is 6.55. The average Bonchev–Trinajstić information content (AvgIpc) is 2.25. The van der Waals surface area contributed by atoms with Gasteiger partial charge < -0.3 is 10.6 Å². The summed E-state index contributed by atoms with van der Waals surface area (Å²) < 4.78 is 11.1. The van der Waals surface area contributed by atoms with E-state index in [0.29, 0.717) is 5.75 Å². The monoisotopic (exact) mass is 255 g/mol. The van der Waals surface area contributed by atoms with Crippen LogP contribution < -0.4 is 10.6 Å². The van der Waals surface area contributed by atoms with E-state index in [-0.39, 0.29) is 6.04 Å². The number of rotatable bonds is 7. The molecule has 0 fully saturated rings. The maximum absolute atomic E-state index is 11.1. The zero-order valence-electron chi connectivity index (χ0n) is 10.7. The van der Waals surface area contributed by atoms with Gasteiger partial charge in [0.1, 0.15) is 5.82 Å². The molecule has 1 heterocycles. The predicted molar refractivity (Wildman–Crippen MR) is 75.0 cm³/mol. The Morgan fingerprint density at radius 2 is 2.29 bits per heavy atom. The van der Waals surface area contributed by atoms with E-state index in [1.165, 1.54) is 0 Å². The normalized spacial score (nSPS) is 14.1. The molecule has 2 N–H and O–H groups in total. The smallest absolute Gasteiger partial charge is 0.127 e. The number of anilines is 2. The van der Waals surface area contributed by atoms with E-state index in [4.69, 9.17) is 0 Å². The van der Waals surface area contributed by atoms with E-state index in [9.17, 15) is 4.21 Å². The van der Waals surface area contributed by atoms with Crippen LogP contribution in [0.25, 0.3) is 0 Å². The first-order valence-corrected chi connectivity index (χ1v) is 7.61. The van der Waals surface area contributed by atoms with Gasteiger partial charge in [-0.05, 0) is 19.4 Å². The van der Waals surface area contributed by atoms with Gasteiger partial charge in [0.2, 0.25) is 0 Å². The van der Waals surface area contributed by atoms with Crippen molar-refractivity contribution in [2.45, 2.75) is 26.3 Å². The van der Waals surface area contributed by atoms with Crippen LogP contribution in [0.3, 0.4) is 0 Å². The molecule has 0 aliphatic rings. The van der Waals surface area contributed by atoms with Crippen molar-refractivity contribution in [3.05, 3.63) is 18.3 Å². The number of hydrogen-bond acceptors (Lipinski definition) is 4. The van der Waals surface area contributed by atoms with Gasteiger partial charge in [-0.25, -0.2) is 4.98 Å². The fourth-order valence-corrected chi connectivity index (χ4v) is 2.34. The van der Waals surface area contributed by atoms with Crippen LogP contribution in [0, 0.1) is 0 Å². The largest absolute Gasteiger partial charge is 0.382 e. The number of pyridine rings is 1. The molecule has 96 valence electrons. The number of nitrogens with one attached hydrogen (secondary N) is 2. The molecule has 2 atom stereocenters. The van der Waals surface area contributed by atoms with Crippen LogP contribution in [0.1, 0.15) is 20.3 Å². The maximum Gasteiger partial charge on any atom is 0.127 e. The SMILES string of the molecule is CCCNc1cc(NC(C)CS(C)=O)ccn1. The van der Waals surface area contributed by atoms with Gasteiger partial charge in [-0.1, -0.05) is 6.92 Å². The molecule has 0 spiro atoms. The molecule has 4 nitrogen and oxygen atoms in total. The van der Waals surface area contributed by atoms with Crippen LogP contribution in [0.4, 0.5) is 11.5 Å². The maximum atomic E-state index is 11.1. The van der Waals surface area contributed by atoms with Crippen LogP contribution in [0.15, 0.2) is 18.3 Å². The Bertz CT molecular complexity index is 371. The zero-order chi connectivity index (χ0) is 12.7. The quantitative estimate of drug-likeness (QED) is 0.783. The topological polar surface area (TPSA) is 54.0 Å². The highest BCUT2D eigenvalue weighted by Crippen LogP contribution is 2.13. The molecule has 1 aromatic heterocycles. The van der Waals surface area contributed by atoms with Crippen LogP contribution in [0.5, 0.6) is 0 Å². The van der Waals surface area contributed by atoms with Gasteiger partial charge in [0.25, 0.3) is 0 Å². The molecular weight excluding hydrogens is 234 g/mol. The van der Waals surface area contributed by atoms with Gasteiger partial charge in [0, 0.05) is 53.3 Å². The summed E-state index contributed by atoms with van der Waals surface area (Å²) in [6, 6.07) is 4.10. The van der Waals surface area contributed by atoms with Gasteiger partial charge in [-0.2, -0.15) is 0 Å². The van der Waals surface area contributed by atoms with E-state index in [2.05, 4.69) is 22.5 Å². The van der Waals surface area contributed by atoms with Crippen LogP contribution in [-0.2, 0) is 10.8 Å². The van der Waals surface area contributed by atoms with Crippen LogP contribution in [0.2, 0.25) is 0 Å². The summed E-state index contributed by atoms with van der Waals surface area (Å²) in [6.45, 7) is 5.07. The summed E-state index contributed by atoms with van der Waals surface area (Å²) in [6.07, 6.45) is 4.57. The third-order valence-electron chi connectivity index (χ3n) is 2.21. The highest BCUT2D eigenvalue weighted by atomic mass is 32.2. The first-order valence-electron chi connectivity index (χ1n) is 5.88. The summed E-state index contributed by atoms with van der Waals surface area (Å²) in [5.41, 5.74) is 1.01. The Kier molecular flexibility index (Phi) is 5.97. The molecule has 1 rings (SSSR count). The molecule has 1 aromatic rings. The third kappa shape index (κ3) is 5.68. The standard InChI is InChI=1S/C12H21N3OS/c1-4-6-13-12-8-11(5-7-14-12)15-10(2)9-17(3)16/h5,7-8,10H,4,6,9H2,1-3H3,(H2,13,14,15). The van der Waals surface area contributed by atoms with Crippen LogP contribution in [-0.4, -0.2) is 33.8 Å². The van der Waals surface area contributed by atoms with Crippen molar-refractivity contribution >= 4 is 22.3 Å². The highest BCUT2D eigenvalue weighted by Gasteiger charge is 2.04. The molecule has 5 heteroatoms. The Balaban J connectivity index is 2.55.